The highest BCUT2D eigenvalue weighted by molar-refractivity contribution is 6.26. The van der Waals surface area contributed by atoms with E-state index in [1.807, 2.05) is 0 Å². The van der Waals surface area contributed by atoms with Gasteiger partial charge in [-0.3, -0.25) is 14.6 Å². The number of ether oxygens (including phenoxy) is 2. The number of benzene rings is 1. The van der Waals surface area contributed by atoms with Crippen molar-refractivity contribution in [2.45, 2.75) is 6.54 Å². The predicted molar refractivity (Wildman–Crippen MR) is 98.2 cm³/mol. The number of fused-ring (bicyclic) bond motifs is 5. The molecule has 6 heteroatoms. The van der Waals surface area contributed by atoms with Crippen LogP contribution in [-0.2, 0) is 6.54 Å². The summed E-state index contributed by atoms with van der Waals surface area (Å²) in [6, 6.07) is 6.72. The minimum absolute atomic E-state index is 0.155. The Bertz CT molecular complexity index is 1140. The van der Waals surface area contributed by atoms with E-state index in [9.17, 15) is 9.59 Å². The topological polar surface area (TPSA) is 70.4 Å². The summed E-state index contributed by atoms with van der Waals surface area (Å²) in [5.41, 5.74) is 1.75. The van der Waals surface area contributed by atoms with Gasteiger partial charge in [0.15, 0.2) is 17.3 Å². The van der Waals surface area contributed by atoms with E-state index >= 15 is 0 Å². The number of methoxy groups -OCH3 is 2. The normalized spacial score (nSPS) is 12.0. The molecular weight excluding hydrogens is 332 g/mol. The number of hydrogen-bond acceptors (Lipinski definition) is 5. The maximum Gasteiger partial charge on any atom is 0.259 e. The Morgan fingerprint density at radius 2 is 1.85 bits per heavy atom. The first kappa shape index (κ1) is 16.1. The fourth-order valence-corrected chi connectivity index (χ4v) is 3.46. The molecule has 4 rings (SSSR count). The number of carbonyl (C=O) groups excluding carboxylic acids is 1. The lowest BCUT2D eigenvalue weighted by molar-refractivity contribution is 0.104. The van der Waals surface area contributed by atoms with Crippen LogP contribution in [-0.4, -0.2) is 29.6 Å². The number of allylic oxidation sites excluding steroid dienone is 1. The summed E-state index contributed by atoms with van der Waals surface area (Å²) < 4.78 is 12.2. The lowest BCUT2D eigenvalue weighted by Crippen LogP contribution is -2.23. The van der Waals surface area contributed by atoms with Gasteiger partial charge in [-0.15, -0.1) is 6.58 Å². The molecule has 6 nitrogen and oxygen atoms in total. The Kier molecular flexibility index (Phi) is 3.61. The van der Waals surface area contributed by atoms with Crippen LogP contribution in [0.5, 0.6) is 11.5 Å². The van der Waals surface area contributed by atoms with Crippen molar-refractivity contribution in [1.82, 2.24) is 9.55 Å². The summed E-state index contributed by atoms with van der Waals surface area (Å²) in [7, 11) is 3.02. The Morgan fingerprint density at radius 3 is 2.50 bits per heavy atom. The third-order valence-electron chi connectivity index (χ3n) is 4.59. The molecule has 0 spiro atoms. The first-order valence-corrected chi connectivity index (χ1v) is 8.05. The quantitative estimate of drug-likeness (QED) is 0.531. The van der Waals surface area contributed by atoms with E-state index in [4.69, 9.17) is 9.47 Å². The number of ketones is 1. The van der Waals surface area contributed by atoms with Crippen molar-refractivity contribution in [3.05, 3.63) is 64.6 Å². The summed E-state index contributed by atoms with van der Waals surface area (Å²) in [5, 5.41) is 0.926. The molecular formula is C20H16N2O4. The molecule has 1 aliphatic rings. The van der Waals surface area contributed by atoms with E-state index < -0.39 is 0 Å². The number of pyridine rings is 2. The molecule has 0 fully saturated rings. The zero-order valence-corrected chi connectivity index (χ0v) is 14.4. The van der Waals surface area contributed by atoms with Gasteiger partial charge < -0.3 is 14.0 Å². The molecule has 1 aliphatic carbocycles. The second-order valence-electron chi connectivity index (χ2n) is 5.91. The van der Waals surface area contributed by atoms with Crippen LogP contribution >= 0.6 is 0 Å². The molecule has 0 radical (unpaired) electrons. The Labute approximate surface area is 149 Å². The summed E-state index contributed by atoms with van der Waals surface area (Å²) >= 11 is 0. The van der Waals surface area contributed by atoms with Gasteiger partial charge in [-0.2, -0.15) is 0 Å². The Balaban J connectivity index is 2.22. The molecule has 2 heterocycles. The van der Waals surface area contributed by atoms with E-state index in [-0.39, 0.29) is 17.9 Å². The van der Waals surface area contributed by atoms with Crippen LogP contribution in [0.3, 0.4) is 0 Å². The van der Waals surface area contributed by atoms with Crippen LogP contribution in [0, 0.1) is 0 Å². The smallest absolute Gasteiger partial charge is 0.259 e. The lowest BCUT2D eigenvalue weighted by Gasteiger charge is -2.15. The van der Waals surface area contributed by atoms with Crippen molar-refractivity contribution in [2.24, 2.45) is 0 Å². The lowest BCUT2D eigenvalue weighted by atomic mass is 10.0. The summed E-state index contributed by atoms with van der Waals surface area (Å²) in [6.45, 7) is 4.00. The minimum Gasteiger partial charge on any atom is -0.493 e. The monoisotopic (exact) mass is 348 g/mol. The highest BCUT2D eigenvalue weighted by atomic mass is 16.5. The standard InChI is InChI=1S/C20H16N2O4/c1-4-8-22-18-16(19(23)11-6-5-7-21-17(11)18)12-9-14(25-2)15(26-3)10-13(12)20(22)24/h4-7,9-10H,1,8H2,2-3H3. The number of hydrogen-bond donors (Lipinski definition) is 0. The third kappa shape index (κ3) is 2.02. The van der Waals surface area contributed by atoms with E-state index in [1.54, 1.807) is 36.5 Å². The zero-order valence-electron chi connectivity index (χ0n) is 14.4. The maximum atomic E-state index is 13.1. The Morgan fingerprint density at radius 1 is 1.15 bits per heavy atom. The van der Waals surface area contributed by atoms with Gasteiger partial charge in [0.05, 0.1) is 42.1 Å². The van der Waals surface area contributed by atoms with Gasteiger partial charge in [-0.1, -0.05) is 6.08 Å². The molecule has 0 bridgehead atoms. The molecule has 130 valence electrons. The average molecular weight is 348 g/mol. The number of nitrogens with zero attached hydrogens (tertiary/aromatic N) is 2. The molecule has 0 atom stereocenters. The van der Waals surface area contributed by atoms with Gasteiger partial charge in [0.1, 0.15) is 0 Å². The van der Waals surface area contributed by atoms with E-state index in [0.717, 1.165) is 0 Å². The molecule has 2 aromatic heterocycles. The molecule has 0 amide bonds. The van der Waals surface area contributed by atoms with Crippen molar-refractivity contribution in [3.8, 4) is 22.9 Å². The second kappa shape index (κ2) is 5.84. The van der Waals surface area contributed by atoms with Gasteiger partial charge >= 0.3 is 0 Å². The van der Waals surface area contributed by atoms with Crippen LogP contribution in [0.4, 0.5) is 0 Å². The molecule has 0 saturated heterocycles. The number of rotatable bonds is 4. The first-order chi connectivity index (χ1) is 12.6. The average Bonchev–Trinajstić information content (AvgIpc) is 2.97. The summed E-state index contributed by atoms with van der Waals surface area (Å²) in [5.74, 6) is 0.737. The van der Waals surface area contributed by atoms with E-state index in [2.05, 4.69) is 11.6 Å². The van der Waals surface area contributed by atoms with Crippen molar-refractivity contribution in [2.75, 3.05) is 14.2 Å². The van der Waals surface area contributed by atoms with Crippen LogP contribution in [0.25, 0.3) is 22.2 Å². The predicted octanol–water partition coefficient (Wildman–Crippen LogP) is 2.81. The first-order valence-electron chi connectivity index (χ1n) is 8.05. The fourth-order valence-electron chi connectivity index (χ4n) is 3.46. The molecule has 0 unspecified atom stereocenters. The Hall–Kier alpha value is -3.41. The number of carbonyl (C=O) groups is 1. The van der Waals surface area contributed by atoms with Crippen molar-refractivity contribution in [3.63, 3.8) is 0 Å². The SMILES string of the molecule is C=CCn1c2c(c3cc(OC)c(OC)cc3c1=O)C(=O)c1cccnc1-2. The minimum atomic E-state index is -0.231. The third-order valence-corrected chi connectivity index (χ3v) is 4.59. The molecule has 1 aromatic carbocycles. The van der Waals surface area contributed by atoms with Crippen LogP contribution in [0.2, 0.25) is 0 Å². The molecule has 0 N–H and O–H groups in total. The van der Waals surface area contributed by atoms with Gasteiger partial charge in [-0.05, 0) is 24.3 Å². The highest BCUT2D eigenvalue weighted by Gasteiger charge is 2.34. The number of aromatic nitrogens is 2. The van der Waals surface area contributed by atoms with Gasteiger partial charge in [0, 0.05) is 18.1 Å². The van der Waals surface area contributed by atoms with E-state index in [1.165, 1.54) is 18.8 Å². The molecule has 3 aromatic rings. The molecule has 0 aliphatic heterocycles. The van der Waals surface area contributed by atoms with Gasteiger partial charge in [-0.25, -0.2) is 0 Å². The van der Waals surface area contributed by atoms with Crippen molar-refractivity contribution < 1.29 is 14.3 Å². The summed E-state index contributed by atoms with van der Waals surface area (Å²) in [4.78, 5) is 30.6. The maximum absolute atomic E-state index is 13.1. The van der Waals surface area contributed by atoms with Gasteiger partial charge in [0.2, 0.25) is 0 Å². The van der Waals surface area contributed by atoms with Gasteiger partial charge in [0.25, 0.3) is 5.56 Å². The molecule has 0 saturated carbocycles. The highest BCUT2D eigenvalue weighted by Crippen LogP contribution is 2.40. The van der Waals surface area contributed by atoms with Crippen molar-refractivity contribution >= 4 is 16.6 Å². The molecule has 26 heavy (non-hydrogen) atoms. The van der Waals surface area contributed by atoms with Crippen LogP contribution in [0.15, 0.2) is 47.9 Å². The fraction of sp³-hybridized carbons (Fsp3) is 0.150. The van der Waals surface area contributed by atoms with E-state index in [0.29, 0.717) is 44.8 Å². The van der Waals surface area contributed by atoms with Crippen LogP contribution < -0.4 is 15.0 Å². The van der Waals surface area contributed by atoms with Crippen molar-refractivity contribution in [1.29, 1.82) is 0 Å². The second-order valence-corrected chi connectivity index (χ2v) is 5.91. The van der Waals surface area contributed by atoms with Crippen LogP contribution in [0.1, 0.15) is 15.9 Å². The largest absolute Gasteiger partial charge is 0.493 e. The zero-order chi connectivity index (χ0) is 18.4. The summed E-state index contributed by atoms with van der Waals surface area (Å²) in [6.07, 6.45) is 3.24.